The van der Waals surface area contributed by atoms with E-state index in [-0.39, 0.29) is 18.3 Å². The second kappa shape index (κ2) is 6.41. The van der Waals surface area contributed by atoms with Crippen LogP contribution in [0.3, 0.4) is 0 Å². The standard InChI is InChI=1S/C19H24N2O2.ClH/c1-11-5-4-6-16-12(2)18(23-17(11)16)19(22)21(3)15-9-13-7-8-14(10-15)20-13;/h4-6,13-15,20H,7-10H2,1-3H3;1H. The molecule has 24 heavy (non-hydrogen) atoms. The first-order valence-electron chi connectivity index (χ1n) is 8.56. The molecule has 2 fully saturated rings. The molecule has 0 saturated carbocycles. The number of para-hydroxylation sites is 1. The molecule has 2 atom stereocenters. The van der Waals surface area contributed by atoms with E-state index in [2.05, 4.69) is 5.32 Å². The van der Waals surface area contributed by atoms with E-state index in [1.165, 1.54) is 12.8 Å². The van der Waals surface area contributed by atoms with Gasteiger partial charge in [-0.05, 0) is 45.1 Å². The van der Waals surface area contributed by atoms with Gasteiger partial charge in [-0.3, -0.25) is 4.79 Å². The zero-order chi connectivity index (χ0) is 16.1. The number of rotatable bonds is 2. The third kappa shape index (κ3) is 2.72. The third-order valence-corrected chi connectivity index (χ3v) is 5.67. The van der Waals surface area contributed by atoms with Gasteiger partial charge in [-0.1, -0.05) is 18.2 Å². The fourth-order valence-electron chi connectivity index (χ4n) is 4.26. The van der Waals surface area contributed by atoms with Crippen molar-refractivity contribution >= 4 is 29.3 Å². The number of amides is 1. The number of benzene rings is 1. The number of halogens is 1. The maximum atomic E-state index is 13.0. The normalized spacial score (nSPS) is 25.5. The lowest BCUT2D eigenvalue weighted by Gasteiger charge is -2.35. The number of hydrogen-bond donors (Lipinski definition) is 1. The maximum Gasteiger partial charge on any atom is 0.289 e. The molecule has 2 saturated heterocycles. The van der Waals surface area contributed by atoms with Crippen molar-refractivity contribution < 1.29 is 9.21 Å². The topological polar surface area (TPSA) is 45.5 Å². The SMILES string of the molecule is Cc1c(C(=O)N(C)C2CC3CCC(C2)N3)oc2c(C)cccc12.Cl. The summed E-state index contributed by atoms with van der Waals surface area (Å²) in [6, 6.07) is 7.54. The minimum absolute atomic E-state index is 0. The van der Waals surface area contributed by atoms with Gasteiger partial charge in [0.15, 0.2) is 5.76 Å². The van der Waals surface area contributed by atoms with E-state index in [0.717, 1.165) is 34.9 Å². The molecule has 0 spiro atoms. The first-order chi connectivity index (χ1) is 11.0. The number of carbonyl (C=O) groups is 1. The monoisotopic (exact) mass is 348 g/mol. The fourth-order valence-corrected chi connectivity index (χ4v) is 4.26. The van der Waals surface area contributed by atoms with Crippen LogP contribution in [0.5, 0.6) is 0 Å². The summed E-state index contributed by atoms with van der Waals surface area (Å²) >= 11 is 0. The predicted molar refractivity (Wildman–Crippen MR) is 98.0 cm³/mol. The van der Waals surface area contributed by atoms with Crippen LogP contribution >= 0.6 is 12.4 Å². The Morgan fingerprint density at radius 2 is 1.88 bits per heavy atom. The fraction of sp³-hybridized carbons (Fsp3) is 0.526. The first kappa shape index (κ1) is 17.3. The van der Waals surface area contributed by atoms with Crippen LogP contribution in [-0.4, -0.2) is 36.0 Å². The number of nitrogens with one attached hydrogen (secondary N) is 1. The number of nitrogens with zero attached hydrogens (tertiary/aromatic N) is 1. The molecule has 0 radical (unpaired) electrons. The minimum atomic E-state index is 0. The predicted octanol–water partition coefficient (Wildman–Crippen LogP) is 3.83. The summed E-state index contributed by atoms with van der Waals surface area (Å²) in [5.74, 6) is 0.520. The molecule has 1 aromatic heterocycles. The third-order valence-electron chi connectivity index (χ3n) is 5.67. The molecule has 2 unspecified atom stereocenters. The number of piperidine rings is 1. The van der Waals surface area contributed by atoms with Crippen molar-refractivity contribution in [1.29, 1.82) is 0 Å². The van der Waals surface area contributed by atoms with E-state index >= 15 is 0 Å². The Balaban J connectivity index is 0.00000169. The van der Waals surface area contributed by atoms with Crippen molar-refractivity contribution in [2.45, 2.75) is 57.7 Å². The Morgan fingerprint density at radius 3 is 2.50 bits per heavy atom. The van der Waals surface area contributed by atoms with E-state index in [0.29, 0.717) is 23.9 Å². The zero-order valence-corrected chi connectivity index (χ0v) is 15.3. The van der Waals surface area contributed by atoms with E-state index in [1.807, 2.05) is 44.0 Å². The largest absolute Gasteiger partial charge is 0.450 e. The number of carbonyl (C=O) groups excluding carboxylic acids is 1. The Morgan fingerprint density at radius 1 is 1.21 bits per heavy atom. The van der Waals surface area contributed by atoms with Gasteiger partial charge < -0.3 is 14.6 Å². The summed E-state index contributed by atoms with van der Waals surface area (Å²) in [5, 5.41) is 4.68. The molecule has 1 N–H and O–H groups in total. The molecule has 2 aliphatic rings. The summed E-state index contributed by atoms with van der Waals surface area (Å²) < 4.78 is 5.97. The highest BCUT2D eigenvalue weighted by Crippen LogP contribution is 2.32. The van der Waals surface area contributed by atoms with Gasteiger partial charge in [-0.2, -0.15) is 0 Å². The van der Waals surface area contributed by atoms with Crippen LogP contribution < -0.4 is 5.32 Å². The first-order valence-corrected chi connectivity index (χ1v) is 8.56. The second-order valence-corrected chi connectivity index (χ2v) is 7.19. The molecule has 5 heteroatoms. The van der Waals surface area contributed by atoms with Crippen LogP contribution in [0, 0.1) is 13.8 Å². The smallest absolute Gasteiger partial charge is 0.289 e. The number of aryl methyl sites for hydroxylation is 2. The van der Waals surface area contributed by atoms with E-state index < -0.39 is 0 Å². The van der Waals surface area contributed by atoms with Crippen molar-refractivity contribution in [3.05, 3.63) is 35.1 Å². The second-order valence-electron chi connectivity index (χ2n) is 7.19. The van der Waals surface area contributed by atoms with Gasteiger partial charge in [-0.25, -0.2) is 0 Å². The average Bonchev–Trinajstić information content (AvgIpc) is 3.07. The molecule has 4 nitrogen and oxygen atoms in total. The summed E-state index contributed by atoms with van der Waals surface area (Å²) in [7, 11) is 1.93. The Labute approximate surface area is 149 Å². The Kier molecular flexibility index (Phi) is 4.63. The average molecular weight is 349 g/mol. The zero-order valence-electron chi connectivity index (χ0n) is 14.5. The molecule has 2 aromatic rings. The van der Waals surface area contributed by atoms with Crippen LogP contribution in [0.25, 0.3) is 11.0 Å². The number of fused-ring (bicyclic) bond motifs is 3. The van der Waals surface area contributed by atoms with Crippen LogP contribution in [-0.2, 0) is 0 Å². The quantitative estimate of drug-likeness (QED) is 0.897. The molecular formula is C19H25ClN2O2. The molecule has 130 valence electrons. The van der Waals surface area contributed by atoms with E-state index in [4.69, 9.17) is 4.42 Å². The summed E-state index contributed by atoms with van der Waals surface area (Å²) in [6.07, 6.45) is 4.59. The van der Waals surface area contributed by atoms with Crippen LogP contribution in [0.1, 0.15) is 47.4 Å². The maximum absolute atomic E-state index is 13.0. The Bertz CT molecular complexity index is 758. The lowest BCUT2D eigenvalue weighted by atomic mass is 9.98. The van der Waals surface area contributed by atoms with Crippen molar-refractivity contribution in [2.75, 3.05) is 7.05 Å². The summed E-state index contributed by atoms with van der Waals surface area (Å²) in [6.45, 7) is 4.01. The highest BCUT2D eigenvalue weighted by atomic mass is 35.5. The van der Waals surface area contributed by atoms with Gasteiger partial charge in [0, 0.05) is 36.1 Å². The van der Waals surface area contributed by atoms with Crippen molar-refractivity contribution in [2.24, 2.45) is 0 Å². The highest BCUT2D eigenvalue weighted by Gasteiger charge is 2.37. The van der Waals surface area contributed by atoms with Crippen LogP contribution in [0.2, 0.25) is 0 Å². The van der Waals surface area contributed by atoms with Gasteiger partial charge in [0.2, 0.25) is 0 Å². The van der Waals surface area contributed by atoms with Gasteiger partial charge in [0.25, 0.3) is 5.91 Å². The number of hydrogen-bond acceptors (Lipinski definition) is 3. The van der Waals surface area contributed by atoms with Crippen LogP contribution in [0.4, 0.5) is 0 Å². The van der Waals surface area contributed by atoms with E-state index in [1.54, 1.807) is 0 Å². The molecule has 3 heterocycles. The summed E-state index contributed by atoms with van der Waals surface area (Å²) in [4.78, 5) is 14.9. The molecule has 2 bridgehead atoms. The lowest BCUT2D eigenvalue weighted by molar-refractivity contribution is 0.0651. The highest BCUT2D eigenvalue weighted by molar-refractivity contribution is 5.99. The lowest BCUT2D eigenvalue weighted by Crippen LogP contribution is -2.48. The molecule has 4 rings (SSSR count). The van der Waals surface area contributed by atoms with Crippen molar-refractivity contribution in [3.8, 4) is 0 Å². The van der Waals surface area contributed by atoms with Gasteiger partial charge in [0.05, 0.1) is 0 Å². The van der Waals surface area contributed by atoms with Crippen molar-refractivity contribution in [1.82, 2.24) is 10.2 Å². The summed E-state index contributed by atoms with van der Waals surface area (Å²) in [5.41, 5.74) is 2.87. The molecule has 1 aromatic carbocycles. The van der Waals surface area contributed by atoms with Crippen LogP contribution in [0.15, 0.2) is 22.6 Å². The minimum Gasteiger partial charge on any atom is -0.450 e. The molecule has 0 aliphatic carbocycles. The van der Waals surface area contributed by atoms with E-state index in [9.17, 15) is 4.79 Å². The molecular weight excluding hydrogens is 324 g/mol. The molecule has 2 aliphatic heterocycles. The van der Waals surface area contributed by atoms with Gasteiger partial charge >= 0.3 is 0 Å². The van der Waals surface area contributed by atoms with Crippen molar-refractivity contribution in [3.63, 3.8) is 0 Å². The molecule has 1 amide bonds. The van der Waals surface area contributed by atoms with Gasteiger partial charge in [0.1, 0.15) is 5.58 Å². The Hall–Kier alpha value is -1.52. The van der Waals surface area contributed by atoms with Gasteiger partial charge in [-0.15, -0.1) is 12.4 Å². The number of furan rings is 1.